The van der Waals surface area contributed by atoms with Crippen molar-refractivity contribution in [1.82, 2.24) is 4.90 Å². The zero-order valence-electron chi connectivity index (χ0n) is 21.2. The number of ketones is 2. The molecule has 3 aliphatic carbocycles. The molecule has 1 fully saturated rings. The topological polar surface area (TPSA) is 148 Å². The molecule has 4 unspecified atom stereocenters. The average molecular weight is 600 g/mol. The van der Waals surface area contributed by atoms with Crippen LogP contribution in [0.25, 0.3) is 0 Å². The van der Waals surface area contributed by atoms with Crippen LogP contribution in [0.15, 0.2) is 45.5 Å². The largest absolute Gasteiger partial charge is 0.502 e. The third-order valence-corrected chi connectivity index (χ3v) is 8.62. The van der Waals surface area contributed by atoms with Crippen LogP contribution >= 0.6 is 15.9 Å². The van der Waals surface area contributed by atoms with Gasteiger partial charge in [0.05, 0.1) is 30.5 Å². The molecule has 2 N–H and O–H groups in total. The second-order valence-corrected chi connectivity index (χ2v) is 10.8. The minimum Gasteiger partial charge on any atom is -0.502 e. The molecule has 204 valence electrons. The van der Waals surface area contributed by atoms with Gasteiger partial charge in [0.1, 0.15) is 0 Å². The summed E-state index contributed by atoms with van der Waals surface area (Å²) in [6, 6.07) is 3.15. The van der Waals surface area contributed by atoms with Crippen molar-refractivity contribution in [3.05, 3.63) is 51.0 Å². The highest BCUT2D eigenvalue weighted by atomic mass is 79.9. The van der Waals surface area contributed by atoms with Gasteiger partial charge in [-0.05, 0) is 58.8 Å². The lowest BCUT2D eigenvalue weighted by atomic mass is 9.59. The molecule has 0 spiro atoms. The van der Waals surface area contributed by atoms with E-state index in [2.05, 4.69) is 15.9 Å². The second-order valence-electron chi connectivity index (χ2n) is 9.99. The Hall–Kier alpha value is -3.73. The van der Waals surface area contributed by atoms with E-state index in [0.717, 1.165) is 10.5 Å². The summed E-state index contributed by atoms with van der Waals surface area (Å²) >= 11 is 3.19. The number of phenolic OH excluding ortho intramolecular Hbond substituents is 1. The van der Waals surface area contributed by atoms with Crippen LogP contribution < -0.4 is 9.47 Å². The zero-order valence-corrected chi connectivity index (χ0v) is 22.8. The van der Waals surface area contributed by atoms with Crippen molar-refractivity contribution < 1.29 is 43.7 Å². The number of Topliss-reactive ketones (excluding diaryl/α,β-unsaturated/α-hetero) is 1. The summed E-state index contributed by atoms with van der Waals surface area (Å²) in [6.07, 6.45) is 3.48. The molecule has 11 heteroatoms. The number of phenols is 1. The van der Waals surface area contributed by atoms with Crippen molar-refractivity contribution in [1.29, 1.82) is 0 Å². The number of ether oxygens (including phenoxy) is 2. The van der Waals surface area contributed by atoms with Crippen LogP contribution in [0, 0.1) is 17.8 Å². The van der Waals surface area contributed by atoms with E-state index in [1.807, 2.05) is 6.08 Å². The molecule has 39 heavy (non-hydrogen) atoms. The van der Waals surface area contributed by atoms with E-state index in [1.165, 1.54) is 20.3 Å². The summed E-state index contributed by atoms with van der Waals surface area (Å²) in [5.41, 5.74) is 1.84. The van der Waals surface area contributed by atoms with Crippen molar-refractivity contribution in [2.45, 2.75) is 31.6 Å². The standard InChI is InChI=1S/C28H26BrNO9/c1-38-19-8-12(9-20(39-2)26(19)35)22-13-5-6-14-23(28(37)30(27(14)36)7-3-4-21(32)33)15(13)10-16-24(22)18(31)11-17(29)25(16)34/h5,8-9,11,14-15,22-23,35H,3-4,6-7,10H2,1-2H3,(H,32,33). The number of hydrogen-bond donors (Lipinski definition) is 2. The van der Waals surface area contributed by atoms with Crippen molar-refractivity contribution in [2.75, 3.05) is 20.8 Å². The smallest absolute Gasteiger partial charge is 0.303 e. The van der Waals surface area contributed by atoms with Crippen molar-refractivity contribution in [3.63, 3.8) is 0 Å². The Bertz CT molecular complexity index is 1400. The van der Waals surface area contributed by atoms with Gasteiger partial charge in [-0.3, -0.25) is 28.9 Å². The van der Waals surface area contributed by atoms with E-state index in [-0.39, 0.29) is 88.5 Å². The van der Waals surface area contributed by atoms with E-state index in [9.17, 15) is 29.1 Å². The fourth-order valence-electron chi connectivity index (χ4n) is 6.34. The molecule has 0 saturated carbocycles. The van der Waals surface area contributed by atoms with Crippen LogP contribution in [0.1, 0.15) is 37.2 Å². The monoisotopic (exact) mass is 599 g/mol. The number of carbonyl (C=O) groups excluding carboxylic acids is 4. The molecule has 4 aliphatic rings. The number of amides is 2. The second kappa shape index (κ2) is 10.1. The third kappa shape index (κ3) is 4.28. The number of carboxylic acids is 1. The Labute approximate surface area is 232 Å². The number of carboxylic acid groups (broad SMARTS) is 1. The van der Waals surface area contributed by atoms with Crippen LogP contribution in [0.5, 0.6) is 17.2 Å². The van der Waals surface area contributed by atoms with Gasteiger partial charge < -0.3 is 19.7 Å². The first-order valence-electron chi connectivity index (χ1n) is 12.5. The molecule has 4 atom stereocenters. The summed E-state index contributed by atoms with van der Waals surface area (Å²) in [7, 11) is 2.77. The molecule has 5 rings (SSSR count). The van der Waals surface area contributed by atoms with Gasteiger partial charge in [-0.2, -0.15) is 0 Å². The molecule has 1 heterocycles. The van der Waals surface area contributed by atoms with Crippen LogP contribution in [0.3, 0.4) is 0 Å². The van der Waals surface area contributed by atoms with Gasteiger partial charge in [-0.15, -0.1) is 0 Å². The first-order chi connectivity index (χ1) is 18.6. The number of nitrogens with zero attached hydrogens (tertiary/aromatic N) is 1. The van der Waals surface area contributed by atoms with Crippen molar-refractivity contribution in [2.24, 2.45) is 17.8 Å². The maximum absolute atomic E-state index is 13.6. The van der Waals surface area contributed by atoms with Crippen LogP contribution in [0.4, 0.5) is 0 Å². The number of aromatic hydroxyl groups is 1. The number of imide groups is 1. The fourth-order valence-corrected chi connectivity index (χ4v) is 6.79. The van der Waals surface area contributed by atoms with E-state index in [0.29, 0.717) is 5.56 Å². The fraction of sp³-hybridized carbons (Fsp3) is 0.393. The SMILES string of the molecule is COc1cc(C2C3=CCC4C(=O)N(CCCC(=O)O)C(=O)C4C3CC3=C2C(=O)C=C(Br)C3=O)cc(OC)c1O. The number of aliphatic carboxylic acids is 1. The van der Waals surface area contributed by atoms with Gasteiger partial charge in [0.25, 0.3) is 0 Å². The molecule has 1 aliphatic heterocycles. The van der Waals surface area contributed by atoms with E-state index in [1.54, 1.807) is 12.1 Å². The summed E-state index contributed by atoms with van der Waals surface area (Å²) in [5.74, 6) is -5.08. The normalized spacial score (nSPS) is 26.1. The van der Waals surface area contributed by atoms with Gasteiger partial charge in [0, 0.05) is 36.1 Å². The van der Waals surface area contributed by atoms with E-state index < -0.39 is 29.6 Å². The Morgan fingerprint density at radius 2 is 1.74 bits per heavy atom. The van der Waals surface area contributed by atoms with Gasteiger partial charge in [-0.1, -0.05) is 11.6 Å². The molecule has 1 saturated heterocycles. The zero-order chi connectivity index (χ0) is 28.2. The number of benzene rings is 1. The predicted octanol–water partition coefficient (Wildman–Crippen LogP) is 3.04. The number of halogens is 1. The highest BCUT2D eigenvalue weighted by molar-refractivity contribution is 9.12. The molecule has 0 radical (unpaired) electrons. The third-order valence-electron chi connectivity index (χ3n) is 8.03. The highest BCUT2D eigenvalue weighted by Crippen LogP contribution is 2.56. The van der Waals surface area contributed by atoms with Gasteiger partial charge >= 0.3 is 5.97 Å². The first-order valence-corrected chi connectivity index (χ1v) is 13.3. The Balaban J connectivity index is 1.62. The van der Waals surface area contributed by atoms with Gasteiger partial charge in [-0.25, -0.2) is 0 Å². The van der Waals surface area contributed by atoms with Gasteiger partial charge in [0.15, 0.2) is 23.1 Å². The van der Waals surface area contributed by atoms with E-state index >= 15 is 0 Å². The van der Waals surface area contributed by atoms with E-state index in [4.69, 9.17) is 14.6 Å². The maximum Gasteiger partial charge on any atom is 0.303 e. The van der Waals surface area contributed by atoms with Crippen LogP contribution in [0.2, 0.25) is 0 Å². The molecular weight excluding hydrogens is 574 g/mol. The molecule has 1 aromatic rings. The van der Waals surface area contributed by atoms with Gasteiger partial charge in [0.2, 0.25) is 17.6 Å². The molecule has 0 aromatic heterocycles. The van der Waals surface area contributed by atoms with Crippen molar-refractivity contribution >= 4 is 45.3 Å². The molecule has 1 aromatic carbocycles. The number of hydrogen-bond acceptors (Lipinski definition) is 8. The minimum atomic E-state index is -1.01. The number of rotatable bonds is 7. The maximum atomic E-state index is 13.6. The molecular formula is C28H26BrNO9. The number of methoxy groups -OCH3 is 2. The summed E-state index contributed by atoms with van der Waals surface area (Å²) < 4.78 is 10.8. The Morgan fingerprint density at radius 3 is 2.36 bits per heavy atom. The van der Waals surface area contributed by atoms with Crippen LogP contribution in [-0.2, 0) is 24.0 Å². The summed E-state index contributed by atoms with van der Waals surface area (Å²) in [5, 5.41) is 19.5. The lowest BCUT2D eigenvalue weighted by Gasteiger charge is -2.42. The molecule has 2 amide bonds. The Kier molecular flexibility index (Phi) is 6.96. The predicted molar refractivity (Wildman–Crippen MR) is 139 cm³/mol. The number of likely N-dealkylation sites (tertiary alicyclic amines) is 1. The first kappa shape index (κ1) is 26.9. The summed E-state index contributed by atoms with van der Waals surface area (Å²) in [6.45, 7) is 0.00839. The van der Waals surface area contributed by atoms with Crippen molar-refractivity contribution in [3.8, 4) is 17.2 Å². The number of fused-ring (bicyclic) bond motifs is 3. The number of carbonyl (C=O) groups is 5. The quantitative estimate of drug-likeness (QED) is 0.274. The Morgan fingerprint density at radius 1 is 1.08 bits per heavy atom. The lowest BCUT2D eigenvalue weighted by Crippen LogP contribution is -2.39. The average Bonchev–Trinajstić information content (AvgIpc) is 3.15. The highest BCUT2D eigenvalue weighted by Gasteiger charge is 2.56. The van der Waals surface area contributed by atoms with Crippen LogP contribution in [-0.4, -0.2) is 65.2 Å². The molecule has 0 bridgehead atoms. The minimum absolute atomic E-state index is 0.00839. The summed E-state index contributed by atoms with van der Waals surface area (Å²) in [4.78, 5) is 65.6. The number of allylic oxidation sites excluding steroid dienone is 6. The molecule has 10 nitrogen and oxygen atoms in total. The lowest BCUT2D eigenvalue weighted by molar-refractivity contribution is -0.142.